The first-order valence-corrected chi connectivity index (χ1v) is 7.25. The quantitative estimate of drug-likeness (QED) is 0.785. The van der Waals surface area contributed by atoms with E-state index in [-0.39, 0.29) is 17.9 Å². The highest BCUT2D eigenvalue weighted by molar-refractivity contribution is 7.99. The van der Waals surface area contributed by atoms with Crippen molar-refractivity contribution in [3.63, 3.8) is 0 Å². The molecule has 17 heavy (non-hydrogen) atoms. The van der Waals surface area contributed by atoms with Crippen molar-refractivity contribution >= 4 is 11.8 Å². The zero-order valence-electron chi connectivity index (χ0n) is 10.7. The van der Waals surface area contributed by atoms with Crippen molar-refractivity contribution in [1.29, 1.82) is 0 Å². The maximum atomic E-state index is 9.35. The second kappa shape index (κ2) is 7.75. The summed E-state index contributed by atoms with van der Waals surface area (Å²) in [5.41, 5.74) is 8.63. The Balaban J connectivity index is 2.47. The highest BCUT2D eigenvalue weighted by atomic mass is 32.2. The Labute approximate surface area is 109 Å². The first-order chi connectivity index (χ1) is 8.17. The molecular formula is C14H23NOS. The predicted octanol–water partition coefficient (Wildman–Crippen LogP) is 2.72. The van der Waals surface area contributed by atoms with Gasteiger partial charge in [0.1, 0.15) is 0 Å². The lowest BCUT2D eigenvalue weighted by molar-refractivity contribution is 0.279. The van der Waals surface area contributed by atoms with Crippen molar-refractivity contribution in [3.05, 3.63) is 35.4 Å². The van der Waals surface area contributed by atoms with Crippen molar-refractivity contribution in [1.82, 2.24) is 0 Å². The predicted molar refractivity (Wildman–Crippen MR) is 76.2 cm³/mol. The normalized spacial score (nSPS) is 14.6. The van der Waals surface area contributed by atoms with Crippen LogP contribution in [0.4, 0.5) is 0 Å². The molecule has 0 heterocycles. The first kappa shape index (κ1) is 14.6. The van der Waals surface area contributed by atoms with Gasteiger partial charge in [-0.15, -0.1) is 11.8 Å². The molecule has 2 nitrogen and oxygen atoms in total. The summed E-state index contributed by atoms with van der Waals surface area (Å²) in [6.45, 7) is 4.39. The molecule has 1 aromatic rings. The molecule has 0 radical (unpaired) electrons. The maximum absolute atomic E-state index is 9.35. The van der Waals surface area contributed by atoms with E-state index in [1.807, 2.05) is 0 Å². The number of benzene rings is 1. The summed E-state index contributed by atoms with van der Waals surface area (Å²) in [5.74, 6) is 0.921. The van der Waals surface area contributed by atoms with Crippen molar-refractivity contribution < 1.29 is 5.11 Å². The summed E-state index contributed by atoms with van der Waals surface area (Å²) in [5, 5.41) is 9.50. The molecular weight excluding hydrogens is 230 g/mol. The Kier molecular flexibility index (Phi) is 6.63. The molecule has 0 saturated heterocycles. The Morgan fingerprint density at radius 3 is 2.76 bits per heavy atom. The molecule has 3 N–H and O–H groups in total. The van der Waals surface area contributed by atoms with Crippen LogP contribution < -0.4 is 5.73 Å². The van der Waals surface area contributed by atoms with Gasteiger partial charge in [-0.25, -0.2) is 0 Å². The van der Waals surface area contributed by atoms with Gasteiger partial charge in [-0.05, 0) is 18.9 Å². The van der Waals surface area contributed by atoms with Crippen molar-refractivity contribution in [2.75, 3.05) is 6.61 Å². The third-order valence-corrected chi connectivity index (χ3v) is 4.25. The van der Waals surface area contributed by atoms with Gasteiger partial charge >= 0.3 is 0 Å². The Morgan fingerprint density at radius 2 is 2.18 bits per heavy atom. The monoisotopic (exact) mass is 253 g/mol. The van der Waals surface area contributed by atoms with Crippen LogP contribution in [0.2, 0.25) is 0 Å². The third-order valence-electron chi connectivity index (χ3n) is 2.83. The number of aliphatic hydroxyl groups is 1. The summed E-state index contributed by atoms with van der Waals surface area (Å²) in [4.78, 5) is 0. The molecule has 0 saturated carbocycles. The van der Waals surface area contributed by atoms with E-state index in [9.17, 15) is 5.11 Å². The van der Waals surface area contributed by atoms with E-state index in [4.69, 9.17) is 5.73 Å². The number of nitrogens with two attached hydrogens (primary N) is 1. The average molecular weight is 253 g/mol. The minimum Gasteiger partial charge on any atom is -0.395 e. The number of hydrogen-bond acceptors (Lipinski definition) is 3. The number of rotatable bonds is 7. The van der Waals surface area contributed by atoms with Crippen LogP contribution >= 0.6 is 11.8 Å². The molecule has 0 aliphatic carbocycles. The van der Waals surface area contributed by atoms with Gasteiger partial charge in [-0.1, -0.05) is 43.2 Å². The maximum Gasteiger partial charge on any atom is 0.0565 e. The van der Waals surface area contributed by atoms with Crippen LogP contribution in [-0.2, 0) is 5.75 Å². The van der Waals surface area contributed by atoms with Crippen LogP contribution in [0.3, 0.4) is 0 Å². The van der Waals surface area contributed by atoms with Crippen LogP contribution in [0.25, 0.3) is 0 Å². The van der Waals surface area contributed by atoms with E-state index < -0.39 is 0 Å². The fourth-order valence-electron chi connectivity index (χ4n) is 1.84. The van der Waals surface area contributed by atoms with E-state index in [0.717, 1.165) is 18.6 Å². The van der Waals surface area contributed by atoms with Crippen molar-refractivity contribution in [3.8, 4) is 0 Å². The Bertz CT molecular complexity index is 330. The highest BCUT2D eigenvalue weighted by Gasteiger charge is 2.16. The molecule has 0 aromatic heterocycles. The Morgan fingerprint density at radius 1 is 1.41 bits per heavy atom. The molecule has 0 spiro atoms. The molecule has 1 aromatic carbocycles. The van der Waals surface area contributed by atoms with Crippen molar-refractivity contribution in [2.45, 2.75) is 43.7 Å². The number of aryl methyl sites for hydroxylation is 1. The highest BCUT2D eigenvalue weighted by Crippen LogP contribution is 2.21. The second-order valence-electron chi connectivity index (χ2n) is 4.47. The molecule has 0 bridgehead atoms. The van der Waals surface area contributed by atoms with Gasteiger partial charge in [-0.2, -0.15) is 0 Å². The van der Waals surface area contributed by atoms with Crippen LogP contribution in [-0.4, -0.2) is 23.0 Å². The molecule has 2 unspecified atom stereocenters. The van der Waals surface area contributed by atoms with Gasteiger partial charge in [0.25, 0.3) is 0 Å². The van der Waals surface area contributed by atoms with Crippen LogP contribution in [0, 0.1) is 6.92 Å². The summed E-state index contributed by atoms with van der Waals surface area (Å²) < 4.78 is 0. The Hall–Kier alpha value is -0.510. The van der Waals surface area contributed by atoms with E-state index in [1.165, 1.54) is 11.1 Å². The lowest BCUT2D eigenvalue weighted by Gasteiger charge is -2.21. The zero-order valence-corrected chi connectivity index (χ0v) is 11.5. The van der Waals surface area contributed by atoms with Gasteiger partial charge < -0.3 is 10.8 Å². The molecule has 0 fully saturated rings. The lowest BCUT2D eigenvalue weighted by atomic mass is 10.1. The van der Waals surface area contributed by atoms with Gasteiger partial charge in [0, 0.05) is 17.0 Å². The summed E-state index contributed by atoms with van der Waals surface area (Å²) in [6.07, 6.45) is 2.05. The summed E-state index contributed by atoms with van der Waals surface area (Å²) >= 11 is 1.76. The minimum atomic E-state index is 0.0970. The topological polar surface area (TPSA) is 46.2 Å². The molecule has 0 aliphatic rings. The van der Waals surface area contributed by atoms with Gasteiger partial charge in [0.15, 0.2) is 0 Å². The standard InChI is InChI=1S/C14H23NOS/c1-3-5-13(15)14(9-16)17-10-12-7-4-6-11(2)8-12/h4,6-8,13-14,16H,3,5,9-10,15H2,1-2H3. The van der Waals surface area contributed by atoms with E-state index in [2.05, 4.69) is 38.1 Å². The van der Waals surface area contributed by atoms with Gasteiger partial charge in [0.2, 0.25) is 0 Å². The van der Waals surface area contributed by atoms with E-state index >= 15 is 0 Å². The number of hydrogen-bond donors (Lipinski definition) is 2. The number of thioether (sulfide) groups is 1. The number of aliphatic hydroxyl groups excluding tert-OH is 1. The van der Waals surface area contributed by atoms with E-state index in [1.54, 1.807) is 11.8 Å². The smallest absolute Gasteiger partial charge is 0.0565 e. The molecule has 1 rings (SSSR count). The minimum absolute atomic E-state index is 0.0970. The van der Waals surface area contributed by atoms with E-state index in [0.29, 0.717) is 0 Å². The third kappa shape index (κ3) is 5.11. The molecule has 3 heteroatoms. The molecule has 2 atom stereocenters. The first-order valence-electron chi connectivity index (χ1n) is 6.21. The largest absolute Gasteiger partial charge is 0.395 e. The van der Waals surface area contributed by atoms with Crippen LogP contribution in [0.1, 0.15) is 30.9 Å². The fourth-order valence-corrected chi connectivity index (χ4v) is 2.91. The SMILES string of the molecule is CCCC(N)C(CO)SCc1cccc(C)c1. The fraction of sp³-hybridized carbons (Fsp3) is 0.571. The molecule has 0 amide bonds. The van der Waals surface area contributed by atoms with Crippen molar-refractivity contribution in [2.24, 2.45) is 5.73 Å². The summed E-state index contributed by atoms with van der Waals surface area (Å²) in [6, 6.07) is 8.58. The summed E-state index contributed by atoms with van der Waals surface area (Å²) in [7, 11) is 0. The lowest BCUT2D eigenvalue weighted by Crippen LogP contribution is -2.34. The molecule has 96 valence electrons. The van der Waals surface area contributed by atoms with Crippen LogP contribution in [0.5, 0.6) is 0 Å². The zero-order chi connectivity index (χ0) is 12.7. The van der Waals surface area contributed by atoms with Gasteiger partial charge in [0.05, 0.1) is 6.61 Å². The van der Waals surface area contributed by atoms with Gasteiger partial charge in [-0.3, -0.25) is 0 Å². The second-order valence-corrected chi connectivity index (χ2v) is 5.70. The average Bonchev–Trinajstić information content (AvgIpc) is 2.30. The molecule has 0 aliphatic heterocycles. The van der Waals surface area contributed by atoms with Crippen LogP contribution in [0.15, 0.2) is 24.3 Å².